The summed E-state index contributed by atoms with van der Waals surface area (Å²) in [7, 11) is 0. The summed E-state index contributed by atoms with van der Waals surface area (Å²) in [6.07, 6.45) is 0. The molecule has 1 aromatic heterocycles. The first-order chi connectivity index (χ1) is 9.49. The highest BCUT2D eigenvalue weighted by Crippen LogP contribution is 2.33. The maximum Gasteiger partial charge on any atom is 0.170 e. The Morgan fingerprint density at radius 3 is 2.65 bits per heavy atom. The Morgan fingerprint density at radius 1 is 1.30 bits per heavy atom. The van der Waals surface area contributed by atoms with Crippen LogP contribution in [0.2, 0.25) is 0 Å². The number of pyridine rings is 1. The van der Waals surface area contributed by atoms with Gasteiger partial charge in [0.2, 0.25) is 0 Å². The zero-order valence-electron chi connectivity index (χ0n) is 11.1. The van der Waals surface area contributed by atoms with Gasteiger partial charge in [0.15, 0.2) is 5.84 Å². The number of oxime groups is 1. The molecule has 0 bridgehead atoms. The van der Waals surface area contributed by atoms with Crippen molar-refractivity contribution in [2.24, 2.45) is 10.9 Å². The number of amidine groups is 1. The van der Waals surface area contributed by atoms with Gasteiger partial charge < -0.3 is 10.9 Å². The van der Waals surface area contributed by atoms with Crippen LogP contribution in [0.1, 0.15) is 16.8 Å². The van der Waals surface area contributed by atoms with Gasteiger partial charge in [-0.1, -0.05) is 16.9 Å². The first-order valence-corrected chi connectivity index (χ1v) is 7.51. The highest BCUT2D eigenvalue weighted by Gasteiger charge is 2.08. The third-order valence-corrected chi connectivity index (χ3v) is 4.54. The van der Waals surface area contributed by atoms with Crippen LogP contribution < -0.4 is 5.73 Å². The fraction of sp³-hybridized carbons (Fsp3) is 0.143. The fourth-order valence-electron chi connectivity index (χ4n) is 1.77. The summed E-state index contributed by atoms with van der Waals surface area (Å²) in [5, 5.41) is 12.6. The molecule has 20 heavy (non-hydrogen) atoms. The summed E-state index contributed by atoms with van der Waals surface area (Å²) < 4.78 is 0.882. The van der Waals surface area contributed by atoms with E-state index in [1.54, 1.807) is 11.8 Å². The van der Waals surface area contributed by atoms with Gasteiger partial charge in [0.1, 0.15) is 5.03 Å². The molecule has 1 heterocycles. The number of hydrogen-bond acceptors (Lipinski definition) is 4. The summed E-state index contributed by atoms with van der Waals surface area (Å²) in [4.78, 5) is 5.52. The van der Waals surface area contributed by atoms with Crippen molar-refractivity contribution in [3.8, 4) is 0 Å². The lowest BCUT2D eigenvalue weighted by molar-refractivity contribution is 0.318. The lowest BCUT2D eigenvalue weighted by Crippen LogP contribution is -2.12. The lowest BCUT2D eigenvalue weighted by Gasteiger charge is -2.07. The second-order valence-electron chi connectivity index (χ2n) is 4.36. The van der Waals surface area contributed by atoms with Gasteiger partial charge in [-0.3, -0.25) is 0 Å². The Kier molecular flexibility index (Phi) is 4.67. The van der Waals surface area contributed by atoms with Crippen LogP contribution in [0.4, 0.5) is 0 Å². The van der Waals surface area contributed by atoms with E-state index in [1.807, 2.05) is 37.3 Å². The van der Waals surface area contributed by atoms with Gasteiger partial charge in [-0.15, -0.1) is 0 Å². The molecule has 0 radical (unpaired) electrons. The van der Waals surface area contributed by atoms with Crippen LogP contribution in [0.25, 0.3) is 0 Å². The summed E-state index contributed by atoms with van der Waals surface area (Å²) >= 11 is 5.07. The SMILES string of the molecule is Cc1cc(C)nc(Sc2ccc(/C(N)=N/O)cc2Br)c1. The molecule has 4 nitrogen and oxygen atoms in total. The summed E-state index contributed by atoms with van der Waals surface area (Å²) in [5.74, 6) is 0.0896. The van der Waals surface area contributed by atoms with Crippen molar-refractivity contribution in [3.63, 3.8) is 0 Å². The molecule has 0 saturated carbocycles. The summed E-state index contributed by atoms with van der Waals surface area (Å²) in [6.45, 7) is 4.03. The normalized spacial score (nSPS) is 11.7. The Labute approximate surface area is 130 Å². The first kappa shape index (κ1) is 14.9. The molecule has 0 unspecified atom stereocenters. The number of rotatable bonds is 3. The monoisotopic (exact) mass is 351 g/mol. The smallest absolute Gasteiger partial charge is 0.170 e. The minimum Gasteiger partial charge on any atom is -0.409 e. The highest BCUT2D eigenvalue weighted by molar-refractivity contribution is 9.10. The topological polar surface area (TPSA) is 71.5 Å². The van der Waals surface area contributed by atoms with Crippen LogP contribution in [-0.4, -0.2) is 16.0 Å². The molecule has 2 rings (SSSR count). The average Bonchev–Trinajstić information content (AvgIpc) is 2.39. The molecular weight excluding hydrogens is 338 g/mol. The zero-order chi connectivity index (χ0) is 14.7. The van der Waals surface area contributed by atoms with Gasteiger partial charge in [-0.2, -0.15) is 0 Å². The second kappa shape index (κ2) is 6.28. The number of nitrogens with two attached hydrogens (primary N) is 1. The molecule has 6 heteroatoms. The minimum atomic E-state index is 0.0896. The van der Waals surface area contributed by atoms with E-state index in [-0.39, 0.29) is 5.84 Å². The van der Waals surface area contributed by atoms with E-state index < -0.39 is 0 Å². The van der Waals surface area contributed by atoms with Crippen molar-refractivity contribution in [1.82, 2.24) is 4.98 Å². The molecule has 2 aromatic rings. The average molecular weight is 352 g/mol. The predicted molar refractivity (Wildman–Crippen MR) is 84.5 cm³/mol. The van der Waals surface area contributed by atoms with Gasteiger partial charge in [0.05, 0.1) is 0 Å². The highest BCUT2D eigenvalue weighted by atomic mass is 79.9. The van der Waals surface area contributed by atoms with E-state index in [0.717, 1.165) is 20.1 Å². The van der Waals surface area contributed by atoms with E-state index in [2.05, 4.69) is 33.0 Å². The molecule has 0 amide bonds. The van der Waals surface area contributed by atoms with E-state index >= 15 is 0 Å². The molecule has 0 aliphatic carbocycles. The van der Waals surface area contributed by atoms with Gasteiger partial charge in [0.25, 0.3) is 0 Å². The standard InChI is InChI=1S/C14H14BrN3OS/c1-8-5-9(2)17-13(6-8)20-12-4-3-10(7-11(12)15)14(16)18-19/h3-7,19H,1-2H3,(H2,16,18). The number of aryl methyl sites for hydroxylation is 2. The van der Waals surface area contributed by atoms with Crippen molar-refractivity contribution >= 4 is 33.5 Å². The van der Waals surface area contributed by atoms with Crippen molar-refractivity contribution in [2.75, 3.05) is 0 Å². The van der Waals surface area contributed by atoms with Crippen LogP contribution in [0, 0.1) is 13.8 Å². The van der Waals surface area contributed by atoms with Crippen LogP contribution in [0.3, 0.4) is 0 Å². The molecule has 1 aromatic carbocycles. The number of benzene rings is 1. The van der Waals surface area contributed by atoms with Gasteiger partial charge in [-0.05, 0) is 65.7 Å². The molecule has 3 N–H and O–H groups in total. The van der Waals surface area contributed by atoms with Crippen molar-refractivity contribution in [1.29, 1.82) is 0 Å². The predicted octanol–water partition coefficient (Wildman–Crippen LogP) is 3.71. The van der Waals surface area contributed by atoms with Gasteiger partial charge in [-0.25, -0.2) is 4.98 Å². The largest absolute Gasteiger partial charge is 0.409 e. The van der Waals surface area contributed by atoms with Crippen molar-refractivity contribution in [3.05, 3.63) is 51.6 Å². The van der Waals surface area contributed by atoms with Crippen LogP contribution in [0.5, 0.6) is 0 Å². The fourth-order valence-corrected chi connectivity index (χ4v) is 3.34. The number of halogens is 1. The summed E-state index contributed by atoms with van der Waals surface area (Å²) in [6, 6.07) is 9.63. The van der Waals surface area contributed by atoms with E-state index in [4.69, 9.17) is 10.9 Å². The molecule has 0 atom stereocenters. The minimum absolute atomic E-state index is 0.0896. The molecule has 0 aliphatic heterocycles. The van der Waals surface area contributed by atoms with Gasteiger partial charge >= 0.3 is 0 Å². The molecular formula is C14H14BrN3OS. The van der Waals surface area contributed by atoms with Crippen LogP contribution >= 0.6 is 27.7 Å². The van der Waals surface area contributed by atoms with Crippen molar-refractivity contribution in [2.45, 2.75) is 23.8 Å². The van der Waals surface area contributed by atoms with E-state index in [1.165, 1.54) is 5.56 Å². The van der Waals surface area contributed by atoms with Crippen molar-refractivity contribution < 1.29 is 5.21 Å². The molecule has 0 spiro atoms. The van der Waals surface area contributed by atoms with Crippen LogP contribution in [0.15, 0.2) is 49.9 Å². The maximum absolute atomic E-state index is 8.68. The molecule has 0 saturated heterocycles. The van der Waals surface area contributed by atoms with E-state index in [0.29, 0.717) is 5.56 Å². The zero-order valence-corrected chi connectivity index (χ0v) is 13.5. The first-order valence-electron chi connectivity index (χ1n) is 5.90. The number of nitrogens with zero attached hydrogens (tertiary/aromatic N) is 2. The Morgan fingerprint density at radius 2 is 2.05 bits per heavy atom. The Balaban J connectivity index is 2.30. The summed E-state index contributed by atoms with van der Waals surface area (Å²) in [5.41, 5.74) is 8.41. The molecule has 104 valence electrons. The quantitative estimate of drug-likeness (QED) is 0.382. The van der Waals surface area contributed by atoms with E-state index in [9.17, 15) is 0 Å². The molecule has 0 fully saturated rings. The number of hydrogen-bond donors (Lipinski definition) is 2. The Bertz CT molecular complexity index is 653. The third kappa shape index (κ3) is 3.52. The van der Waals surface area contributed by atoms with Gasteiger partial charge in [0, 0.05) is 20.6 Å². The molecule has 0 aliphatic rings. The number of aromatic nitrogens is 1. The maximum atomic E-state index is 8.68. The van der Waals surface area contributed by atoms with Crippen LogP contribution in [-0.2, 0) is 0 Å². The third-order valence-electron chi connectivity index (χ3n) is 2.62. The Hall–Kier alpha value is -1.53. The lowest BCUT2D eigenvalue weighted by atomic mass is 10.2. The second-order valence-corrected chi connectivity index (χ2v) is 6.27.